The first-order chi connectivity index (χ1) is 14.3. The molecular weight excluding hydrogens is 495 g/mol. The van der Waals surface area contributed by atoms with E-state index in [2.05, 4.69) is 21.2 Å². The lowest BCUT2D eigenvalue weighted by Crippen LogP contribution is -2.37. The highest BCUT2D eigenvalue weighted by atomic mass is 79.9. The Kier molecular flexibility index (Phi) is 7.25. The molecule has 3 rings (SSSR count). The minimum atomic E-state index is -3.99. The van der Waals surface area contributed by atoms with Gasteiger partial charge in [-0.1, -0.05) is 45.7 Å². The van der Waals surface area contributed by atoms with Gasteiger partial charge in [-0.25, -0.2) is 12.8 Å². The summed E-state index contributed by atoms with van der Waals surface area (Å²) in [6.45, 7) is -0.532. The van der Waals surface area contributed by atoms with E-state index in [1.165, 1.54) is 36.4 Å². The Bertz CT molecular complexity index is 1140. The third kappa shape index (κ3) is 5.66. The second-order valence-corrected chi connectivity index (χ2v) is 9.63. The molecule has 0 unspecified atom stereocenters. The summed E-state index contributed by atoms with van der Waals surface area (Å²) in [5, 5.41) is 2.98. The molecule has 0 atom stereocenters. The van der Waals surface area contributed by atoms with E-state index >= 15 is 0 Å². The van der Waals surface area contributed by atoms with Gasteiger partial charge in [-0.05, 0) is 60.2 Å². The Morgan fingerprint density at radius 1 is 1.00 bits per heavy atom. The Balaban J connectivity index is 1.88. The number of nitrogens with zero attached hydrogens (tertiary/aromatic N) is 1. The Hall–Kier alpha value is -2.26. The first kappa shape index (κ1) is 22.4. The van der Waals surface area contributed by atoms with E-state index in [4.69, 9.17) is 11.6 Å². The maximum Gasteiger partial charge on any atom is 0.243 e. The summed E-state index contributed by atoms with van der Waals surface area (Å²) in [7, 11) is -3.99. The fourth-order valence-corrected chi connectivity index (χ4v) is 4.53. The number of rotatable bonds is 7. The van der Waals surface area contributed by atoms with E-state index in [0.717, 1.165) is 8.78 Å². The zero-order chi connectivity index (χ0) is 21.7. The van der Waals surface area contributed by atoms with Gasteiger partial charge in [0.1, 0.15) is 5.82 Å². The number of hydrogen-bond donors (Lipinski definition) is 1. The molecule has 30 heavy (non-hydrogen) atoms. The Morgan fingerprint density at radius 3 is 2.27 bits per heavy atom. The number of hydrogen-bond acceptors (Lipinski definition) is 3. The van der Waals surface area contributed by atoms with E-state index < -0.39 is 28.3 Å². The summed E-state index contributed by atoms with van der Waals surface area (Å²) < 4.78 is 41.3. The average Bonchev–Trinajstić information content (AvgIpc) is 2.71. The van der Waals surface area contributed by atoms with Gasteiger partial charge in [0.15, 0.2) is 0 Å². The number of halogens is 3. The topological polar surface area (TPSA) is 66.5 Å². The molecule has 3 aromatic rings. The Morgan fingerprint density at radius 2 is 1.63 bits per heavy atom. The molecule has 0 saturated heterocycles. The molecular formula is C21H17BrClFN2O3S. The molecule has 0 aliphatic rings. The zero-order valence-electron chi connectivity index (χ0n) is 15.6. The largest absolute Gasteiger partial charge is 0.325 e. The third-order valence-electron chi connectivity index (χ3n) is 4.20. The van der Waals surface area contributed by atoms with Crippen LogP contribution in [0.5, 0.6) is 0 Å². The van der Waals surface area contributed by atoms with Gasteiger partial charge in [-0.2, -0.15) is 4.31 Å². The smallest absolute Gasteiger partial charge is 0.243 e. The van der Waals surface area contributed by atoms with Gasteiger partial charge >= 0.3 is 0 Å². The molecule has 0 radical (unpaired) electrons. The van der Waals surface area contributed by atoms with Crippen LogP contribution < -0.4 is 5.32 Å². The molecule has 0 bridgehead atoms. The summed E-state index contributed by atoms with van der Waals surface area (Å²) in [5.74, 6) is -1.000. The lowest BCUT2D eigenvalue weighted by molar-refractivity contribution is -0.116. The lowest BCUT2D eigenvalue weighted by atomic mass is 10.2. The van der Waals surface area contributed by atoms with E-state index in [1.807, 2.05) is 0 Å². The van der Waals surface area contributed by atoms with Crippen LogP contribution in [0.4, 0.5) is 10.1 Å². The highest BCUT2D eigenvalue weighted by molar-refractivity contribution is 9.10. The quantitative estimate of drug-likeness (QED) is 0.482. The van der Waals surface area contributed by atoms with Crippen LogP contribution in [-0.2, 0) is 21.4 Å². The summed E-state index contributed by atoms with van der Waals surface area (Å²) in [5.41, 5.74) is 0.926. The van der Waals surface area contributed by atoms with Crippen LogP contribution in [0.2, 0.25) is 5.02 Å². The van der Waals surface area contributed by atoms with Crippen LogP contribution in [0.15, 0.2) is 82.2 Å². The van der Waals surface area contributed by atoms with E-state index in [0.29, 0.717) is 16.3 Å². The van der Waals surface area contributed by atoms with Crippen LogP contribution in [0, 0.1) is 5.82 Å². The number of benzene rings is 3. The number of carbonyl (C=O) groups excluding carboxylic acids is 1. The van der Waals surface area contributed by atoms with Crippen molar-refractivity contribution >= 4 is 49.1 Å². The van der Waals surface area contributed by atoms with Crippen LogP contribution in [0.3, 0.4) is 0 Å². The predicted octanol–water partition coefficient (Wildman–Crippen LogP) is 5.07. The van der Waals surface area contributed by atoms with Crippen molar-refractivity contribution < 1.29 is 17.6 Å². The van der Waals surface area contributed by atoms with Crippen molar-refractivity contribution in [1.82, 2.24) is 4.31 Å². The van der Waals surface area contributed by atoms with Crippen molar-refractivity contribution in [2.24, 2.45) is 0 Å². The second-order valence-electron chi connectivity index (χ2n) is 6.37. The SMILES string of the molecule is O=C(CN(Cc1ccccc1Cl)S(=O)(=O)c1ccc(Br)cc1)Nc1ccc(F)cc1. The number of anilines is 1. The van der Waals surface area contributed by atoms with Crippen LogP contribution in [-0.4, -0.2) is 25.2 Å². The molecule has 0 aliphatic carbocycles. The molecule has 156 valence electrons. The fraction of sp³-hybridized carbons (Fsp3) is 0.0952. The van der Waals surface area contributed by atoms with E-state index in [1.54, 1.807) is 36.4 Å². The van der Waals surface area contributed by atoms with E-state index in [9.17, 15) is 17.6 Å². The third-order valence-corrected chi connectivity index (χ3v) is 6.91. The molecule has 0 fully saturated rings. The Labute approximate surface area is 187 Å². The standard InChI is InChI=1S/C21H17BrClFN2O3S/c22-16-5-11-19(12-6-16)30(28,29)26(13-15-3-1-2-4-20(15)23)14-21(27)25-18-9-7-17(24)8-10-18/h1-12H,13-14H2,(H,25,27). The van der Waals surface area contributed by atoms with Crippen molar-refractivity contribution in [3.8, 4) is 0 Å². The summed E-state index contributed by atoms with van der Waals surface area (Å²) in [6, 6.07) is 18.2. The molecule has 0 heterocycles. The van der Waals surface area contributed by atoms with Gasteiger partial charge in [0.2, 0.25) is 15.9 Å². The van der Waals surface area contributed by atoms with Crippen LogP contribution >= 0.6 is 27.5 Å². The van der Waals surface area contributed by atoms with E-state index in [-0.39, 0.29) is 11.4 Å². The van der Waals surface area contributed by atoms with Gasteiger partial charge in [-0.3, -0.25) is 4.79 Å². The highest BCUT2D eigenvalue weighted by Crippen LogP contribution is 2.24. The van der Waals surface area contributed by atoms with Gasteiger partial charge in [0.25, 0.3) is 0 Å². The first-order valence-electron chi connectivity index (χ1n) is 8.80. The lowest BCUT2D eigenvalue weighted by Gasteiger charge is -2.22. The van der Waals surface area contributed by atoms with Crippen molar-refractivity contribution in [2.75, 3.05) is 11.9 Å². The second kappa shape index (κ2) is 9.70. The van der Waals surface area contributed by atoms with Gasteiger partial charge in [0, 0.05) is 21.7 Å². The number of amides is 1. The minimum absolute atomic E-state index is 0.0485. The van der Waals surface area contributed by atoms with Crippen molar-refractivity contribution in [1.29, 1.82) is 0 Å². The molecule has 1 amide bonds. The fourth-order valence-electron chi connectivity index (χ4n) is 2.69. The summed E-state index contributed by atoms with van der Waals surface area (Å²) >= 11 is 9.48. The molecule has 9 heteroatoms. The highest BCUT2D eigenvalue weighted by Gasteiger charge is 2.27. The van der Waals surface area contributed by atoms with Gasteiger partial charge in [0.05, 0.1) is 11.4 Å². The van der Waals surface area contributed by atoms with Crippen molar-refractivity contribution in [2.45, 2.75) is 11.4 Å². The summed E-state index contributed by atoms with van der Waals surface area (Å²) in [4.78, 5) is 12.6. The van der Waals surface area contributed by atoms with Crippen LogP contribution in [0.1, 0.15) is 5.56 Å². The monoisotopic (exact) mass is 510 g/mol. The predicted molar refractivity (Wildman–Crippen MR) is 118 cm³/mol. The molecule has 5 nitrogen and oxygen atoms in total. The molecule has 0 aliphatic heterocycles. The summed E-state index contributed by atoms with van der Waals surface area (Å²) in [6.07, 6.45) is 0. The number of carbonyl (C=O) groups is 1. The minimum Gasteiger partial charge on any atom is -0.325 e. The van der Waals surface area contributed by atoms with Gasteiger partial charge < -0.3 is 5.32 Å². The molecule has 1 N–H and O–H groups in total. The maximum absolute atomic E-state index is 13.2. The zero-order valence-corrected chi connectivity index (χ0v) is 18.7. The molecule has 0 aromatic heterocycles. The average molecular weight is 512 g/mol. The van der Waals surface area contributed by atoms with Crippen LogP contribution in [0.25, 0.3) is 0 Å². The van der Waals surface area contributed by atoms with Gasteiger partial charge in [-0.15, -0.1) is 0 Å². The van der Waals surface area contributed by atoms with Crippen molar-refractivity contribution in [3.63, 3.8) is 0 Å². The first-order valence-corrected chi connectivity index (χ1v) is 11.4. The van der Waals surface area contributed by atoms with Crippen molar-refractivity contribution in [3.05, 3.63) is 93.7 Å². The molecule has 0 saturated carbocycles. The number of sulfonamides is 1. The molecule has 3 aromatic carbocycles. The molecule has 0 spiro atoms. The normalized spacial score (nSPS) is 11.5. The maximum atomic E-state index is 13.2. The number of nitrogens with one attached hydrogen (secondary N) is 1.